The third kappa shape index (κ3) is 2.05. The molecule has 13 heavy (non-hydrogen) atoms. The highest BCUT2D eigenvalue weighted by molar-refractivity contribution is 6.21. The maximum atomic E-state index is 11.0. The number of nitrogens with one attached hydrogen (secondary N) is 1. The highest BCUT2D eigenvalue weighted by atomic mass is 35.5. The Hall–Kier alpha value is -0.500. The zero-order valence-electron chi connectivity index (χ0n) is 7.55. The molecule has 2 atom stereocenters. The third-order valence-electron chi connectivity index (χ3n) is 2.78. The van der Waals surface area contributed by atoms with Crippen molar-refractivity contribution < 1.29 is 4.79 Å². The van der Waals surface area contributed by atoms with Gasteiger partial charge in [-0.2, -0.15) is 0 Å². The monoisotopic (exact) mass is 199 g/mol. The van der Waals surface area contributed by atoms with Crippen molar-refractivity contribution in [2.75, 3.05) is 0 Å². The lowest BCUT2D eigenvalue weighted by molar-refractivity contribution is -0.114. The van der Waals surface area contributed by atoms with Crippen molar-refractivity contribution in [1.82, 2.24) is 5.32 Å². The van der Waals surface area contributed by atoms with Gasteiger partial charge in [0.15, 0.2) is 5.78 Å². The normalized spacial score (nSPS) is 33.6. The molecule has 0 unspecified atom stereocenters. The summed E-state index contributed by atoms with van der Waals surface area (Å²) < 4.78 is 0. The zero-order valence-corrected chi connectivity index (χ0v) is 8.31. The smallest absolute Gasteiger partial charge is 0.157 e. The lowest BCUT2D eigenvalue weighted by atomic mass is 10.2. The Morgan fingerprint density at radius 3 is 2.77 bits per heavy atom. The van der Waals surface area contributed by atoms with Crippen LogP contribution in [0.15, 0.2) is 11.8 Å². The second-order valence-electron chi connectivity index (χ2n) is 3.83. The van der Waals surface area contributed by atoms with Crippen molar-refractivity contribution in [1.29, 1.82) is 0 Å². The van der Waals surface area contributed by atoms with Crippen LogP contribution in [-0.2, 0) is 4.79 Å². The van der Waals surface area contributed by atoms with Gasteiger partial charge in [0.05, 0.1) is 5.38 Å². The molecule has 0 aromatic heterocycles. The fourth-order valence-electron chi connectivity index (χ4n) is 2.03. The van der Waals surface area contributed by atoms with Crippen molar-refractivity contribution in [3.63, 3.8) is 0 Å². The molecule has 1 N–H and O–H groups in total. The van der Waals surface area contributed by atoms with E-state index in [1.165, 1.54) is 6.42 Å². The van der Waals surface area contributed by atoms with Crippen LogP contribution >= 0.6 is 11.6 Å². The van der Waals surface area contributed by atoms with Gasteiger partial charge in [-0.3, -0.25) is 4.79 Å². The molecule has 0 spiro atoms. The fourth-order valence-corrected chi connectivity index (χ4v) is 2.37. The van der Waals surface area contributed by atoms with Crippen molar-refractivity contribution in [3.8, 4) is 0 Å². The van der Waals surface area contributed by atoms with E-state index in [0.29, 0.717) is 12.5 Å². The van der Waals surface area contributed by atoms with Gasteiger partial charge < -0.3 is 5.32 Å². The maximum Gasteiger partial charge on any atom is 0.157 e. The largest absolute Gasteiger partial charge is 0.384 e. The minimum Gasteiger partial charge on any atom is -0.384 e. The summed E-state index contributed by atoms with van der Waals surface area (Å²) in [6.07, 6.45) is 6.70. The van der Waals surface area contributed by atoms with Crippen LogP contribution in [0.1, 0.15) is 32.1 Å². The highest BCUT2D eigenvalue weighted by Gasteiger charge is 2.26. The van der Waals surface area contributed by atoms with E-state index in [1.54, 1.807) is 6.08 Å². The molecule has 0 heterocycles. The highest BCUT2D eigenvalue weighted by Crippen LogP contribution is 2.26. The van der Waals surface area contributed by atoms with Crippen LogP contribution in [0.3, 0.4) is 0 Å². The first kappa shape index (κ1) is 9.07. The molecule has 0 aromatic carbocycles. The topological polar surface area (TPSA) is 29.1 Å². The third-order valence-corrected chi connectivity index (χ3v) is 3.30. The predicted octanol–water partition coefficient (Wildman–Crippen LogP) is 1.98. The van der Waals surface area contributed by atoms with Gasteiger partial charge in [-0.15, -0.1) is 11.6 Å². The number of carbonyl (C=O) groups excluding carboxylic acids is 1. The Morgan fingerprint density at radius 1 is 1.38 bits per heavy atom. The Kier molecular flexibility index (Phi) is 2.58. The van der Waals surface area contributed by atoms with E-state index in [4.69, 9.17) is 11.6 Å². The molecule has 2 aliphatic carbocycles. The Bertz CT molecular complexity index is 249. The van der Waals surface area contributed by atoms with Crippen LogP contribution in [0.2, 0.25) is 0 Å². The molecule has 1 saturated carbocycles. The molecule has 0 bridgehead atoms. The Labute approximate surface area is 83.3 Å². The molecule has 0 aliphatic heterocycles. The first-order valence-electron chi connectivity index (χ1n) is 4.90. The summed E-state index contributed by atoms with van der Waals surface area (Å²) in [5.41, 5.74) is 1.09. The second kappa shape index (κ2) is 3.70. The number of allylic oxidation sites excluding steroid dienone is 2. The van der Waals surface area contributed by atoms with Gasteiger partial charge in [0, 0.05) is 24.2 Å². The van der Waals surface area contributed by atoms with E-state index in [9.17, 15) is 4.79 Å². The van der Waals surface area contributed by atoms with E-state index in [-0.39, 0.29) is 11.2 Å². The Morgan fingerprint density at radius 2 is 2.23 bits per heavy atom. The van der Waals surface area contributed by atoms with Gasteiger partial charge in [-0.05, 0) is 25.7 Å². The number of hydrogen-bond donors (Lipinski definition) is 1. The van der Waals surface area contributed by atoms with Crippen LogP contribution < -0.4 is 5.32 Å². The molecule has 0 aromatic rings. The van der Waals surface area contributed by atoms with Gasteiger partial charge in [0.1, 0.15) is 0 Å². The summed E-state index contributed by atoms with van der Waals surface area (Å²) in [5, 5.41) is 3.61. The molecular weight excluding hydrogens is 186 g/mol. The van der Waals surface area contributed by atoms with Crippen molar-refractivity contribution >= 4 is 17.4 Å². The summed E-state index contributed by atoms with van der Waals surface area (Å²) in [7, 11) is 0. The van der Waals surface area contributed by atoms with Crippen molar-refractivity contribution in [2.24, 2.45) is 0 Å². The van der Waals surface area contributed by atoms with E-state index < -0.39 is 0 Å². The van der Waals surface area contributed by atoms with Gasteiger partial charge >= 0.3 is 0 Å². The number of halogens is 1. The Balaban J connectivity index is 1.90. The summed E-state index contributed by atoms with van der Waals surface area (Å²) in [5.74, 6) is 0.242. The average Bonchev–Trinajstić information content (AvgIpc) is 2.64. The SMILES string of the molecule is O=C1C=C(N[C@@H]2CCC[C@H]2Cl)CC1. The molecule has 2 aliphatic rings. The standard InChI is InChI=1S/C10H14ClNO/c11-9-2-1-3-10(9)12-7-4-5-8(13)6-7/h6,9-10,12H,1-5H2/t9-,10-/m1/s1. The van der Waals surface area contributed by atoms with Crippen molar-refractivity contribution in [2.45, 2.75) is 43.5 Å². The number of rotatable bonds is 2. The quantitative estimate of drug-likeness (QED) is 0.690. The minimum atomic E-state index is 0.242. The molecule has 72 valence electrons. The summed E-state index contributed by atoms with van der Waals surface area (Å²) >= 11 is 6.12. The molecule has 2 rings (SSSR count). The lowest BCUT2D eigenvalue weighted by Crippen LogP contribution is -2.31. The summed E-state index contributed by atoms with van der Waals surface area (Å²) in [4.78, 5) is 11.0. The first-order chi connectivity index (χ1) is 6.25. The van der Waals surface area contributed by atoms with Crippen LogP contribution in [-0.4, -0.2) is 17.2 Å². The van der Waals surface area contributed by atoms with E-state index in [2.05, 4.69) is 5.32 Å². The molecule has 0 radical (unpaired) electrons. The van der Waals surface area contributed by atoms with Gasteiger partial charge in [-0.25, -0.2) is 0 Å². The second-order valence-corrected chi connectivity index (χ2v) is 4.39. The van der Waals surface area contributed by atoms with Gasteiger partial charge in [-0.1, -0.05) is 0 Å². The van der Waals surface area contributed by atoms with Gasteiger partial charge in [0.25, 0.3) is 0 Å². The zero-order chi connectivity index (χ0) is 9.26. The van der Waals surface area contributed by atoms with Crippen LogP contribution in [0.4, 0.5) is 0 Å². The first-order valence-corrected chi connectivity index (χ1v) is 5.33. The van der Waals surface area contributed by atoms with Gasteiger partial charge in [0.2, 0.25) is 0 Å². The molecule has 0 amide bonds. The summed E-state index contributed by atoms with van der Waals surface area (Å²) in [6.45, 7) is 0. The molecule has 1 fully saturated rings. The van der Waals surface area contributed by atoms with Crippen LogP contribution in [0.5, 0.6) is 0 Å². The molecule has 3 heteroatoms. The van der Waals surface area contributed by atoms with Crippen LogP contribution in [0.25, 0.3) is 0 Å². The number of alkyl halides is 1. The lowest BCUT2D eigenvalue weighted by Gasteiger charge is -2.17. The molecule has 0 saturated heterocycles. The van der Waals surface area contributed by atoms with E-state index in [1.807, 2.05) is 0 Å². The maximum absolute atomic E-state index is 11.0. The van der Waals surface area contributed by atoms with E-state index in [0.717, 1.165) is 25.0 Å². The number of ketones is 1. The number of carbonyl (C=O) groups is 1. The molecule has 2 nitrogen and oxygen atoms in total. The van der Waals surface area contributed by atoms with Crippen LogP contribution in [0, 0.1) is 0 Å². The van der Waals surface area contributed by atoms with Crippen molar-refractivity contribution in [3.05, 3.63) is 11.8 Å². The molecular formula is C10H14ClNO. The van der Waals surface area contributed by atoms with E-state index >= 15 is 0 Å². The average molecular weight is 200 g/mol. The fraction of sp³-hybridized carbons (Fsp3) is 0.700. The summed E-state index contributed by atoms with van der Waals surface area (Å²) in [6, 6.07) is 0.388. The minimum absolute atomic E-state index is 0.242. The predicted molar refractivity (Wildman–Crippen MR) is 52.7 cm³/mol. The number of hydrogen-bond acceptors (Lipinski definition) is 2.